The number of rotatable bonds is 5. The summed E-state index contributed by atoms with van der Waals surface area (Å²) >= 11 is 0. The highest BCUT2D eigenvalue weighted by Gasteiger charge is 2.15. The number of benzene rings is 1. The quantitative estimate of drug-likeness (QED) is 0.861. The largest absolute Gasteiger partial charge is 0.302 e. The molecule has 1 aliphatic heterocycles. The molecule has 124 valence electrons. The summed E-state index contributed by atoms with van der Waals surface area (Å²) < 4.78 is 0. The maximum atomic E-state index is 11.9. The first-order valence-corrected chi connectivity index (χ1v) is 8.34. The number of nitrogens with zero attached hydrogens (tertiary/aromatic N) is 3. The molecular weight excluding hydrogens is 300 g/mol. The Morgan fingerprint density at radius 2 is 1.83 bits per heavy atom. The molecule has 2 aromatic rings. The Morgan fingerprint density at radius 1 is 1.08 bits per heavy atom. The first kappa shape index (κ1) is 16.3. The first-order chi connectivity index (χ1) is 11.8. The van der Waals surface area contributed by atoms with Crippen LogP contribution in [0.15, 0.2) is 59.8 Å². The van der Waals surface area contributed by atoms with Crippen molar-refractivity contribution in [2.45, 2.75) is 19.3 Å². The van der Waals surface area contributed by atoms with Gasteiger partial charge in [0.05, 0.1) is 0 Å². The van der Waals surface area contributed by atoms with E-state index in [1.807, 2.05) is 6.07 Å². The molecule has 1 saturated heterocycles. The number of pyridine rings is 1. The Morgan fingerprint density at radius 3 is 2.54 bits per heavy atom. The van der Waals surface area contributed by atoms with Gasteiger partial charge in [0.15, 0.2) is 0 Å². The molecular formula is C19H22N4O. The molecule has 1 aromatic carbocycles. The molecule has 1 aliphatic rings. The van der Waals surface area contributed by atoms with E-state index in [1.54, 1.807) is 24.4 Å². The van der Waals surface area contributed by atoms with Crippen LogP contribution in [-0.2, 0) is 6.42 Å². The molecule has 0 spiro atoms. The number of aromatic nitrogens is 1. The van der Waals surface area contributed by atoms with E-state index in [-0.39, 0.29) is 5.91 Å². The number of carbonyl (C=O) groups is 1. The van der Waals surface area contributed by atoms with Crippen molar-refractivity contribution in [3.8, 4) is 0 Å². The van der Waals surface area contributed by atoms with E-state index in [9.17, 15) is 4.79 Å². The van der Waals surface area contributed by atoms with E-state index in [2.05, 4.69) is 44.7 Å². The van der Waals surface area contributed by atoms with Crippen LogP contribution in [0, 0.1) is 0 Å². The molecule has 0 bridgehead atoms. The summed E-state index contributed by atoms with van der Waals surface area (Å²) in [4.78, 5) is 18.4. The van der Waals surface area contributed by atoms with Crippen LogP contribution < -0.4 is 5.43 Å². The van der Waals surface area contributed by atoms with Crippen LogP contribution in [0.1, 0.15) is 28.9 Å². The molecule has 0 saturated carbocycles. The van der Waals surface area contributed by atoms with E-state index >= 15 is 0 Å². The van der Waals surface area contributed by atoms with Gasteiger partial charge in [0, 0.05) is 44.4 Å². The minimum Gasteiger partial charge on any atom is -0.302 e. The third-order valence-electron chi connectivity index (χ3n) is 4.21. The van der Waals surface area contributed by atoms with Gasteiger partial charge in [0.1, 0.15) is 5.69 Å². The van der Waals surface area contributed by atoms with Gasteiger partial charge in [-0.05, 0) is 24.1 Å². The van der Waals surface area contributed by atoms with Crippen LogP contribution in [0.4, 0.5) is 0 Å². The van der Waals surface area contributed by atoms with Crippen molar-refractivity contribution < 1.29 is 4.79 Å². The Bertz CT molecular complexity index is 675. The van der Waals surface area contributed by atoms with Gasteiger partial charge in [-0.15, -0.1) is 0 Å². The van der Waals surface area contributed by atoms with E-state index in [4.69, 9.17) is 0 Å². The Hall–Kier alpha value is -2.53. The number of likely N-dealkylation sites (tertiary alicyclic amines) is 1. The number of amides is 1. The number of hydrazone groups is 1. The van der Waals surface area contributed by atoms with Gasteiger partial charge in [-0.1, -0.05) is 36.4 Å². The van der Waals surface area contributed by atoms with Crippen LogP contribution in [0.5, 0.6) is 0 Å². The molecule has 1 aromatic heterocycles. The van der Waals surface area contributed by atoms with Gasteiger partial charge in [-0.25, -0.2) is 5.43 Å². The zero-order chi connectivity index (χ0) is 16.6. The second-order valence-corrected chi connectivity index (χ2v) is 5.91. The molecule has 1 fully saturated rings. The van der Waals surface area contributed by atoms with Crippen LogP contribution in [-0.4, -0.2) is 41.1 Å². The standard InChI is InChI=1S/C19H22N4O/c24-19(18-8-4-5-12-20-18)22-21-17-10-14-23(15-11-17)13-9-16-6-2-1-3-7-16/h1-8,12H,9-11,13-15H2,(H,22,24). The lowest BCUT2D eigenvalue weighted by Crippen LogP contribution is -2.36. The fraction of sp³-hybridized carbons (Fsp3) is 0.316. The van der Waals surface area contributed by atoms with Crippen molar-refractivity contribution in [2.24, 2.45) is 5.10 Å². The maximum absolute atomic E-state index is 11.9. The lowest BCUT2D eigenvalue weighted by molar-refractivity contribution is 0.0949. The molecule has 0 radical (unpaired) electrons. The molecule has 1 amide bonds. The van der Waals surface area contributed by atoms with Crippen molar-refractivity contribution in [3.63, 3.8) is 0 Å². The SMILES string of the molecule is O=C(NN=C1CCN(CCc2ccccc2)CC1)c1ccccn1. The predicted molar refractivity (Wildman–Crippen MR) is 95.0 cm³/mol. The number of nitrogens with one attached hydrogen (secondary N) is 1. The van der Waals surface area contributed by atoms with Crippen molar-refractivity contribution in [1.82, 2.24) is 15.3 Å². The number of piperidine rings is 1. The minimum absolute atomic E-state index is 0.255. The molecule has 1 N–H and O–H groups in total. The molecule has 0 unspecified atom stereocenters. The van der Waals surface area contributed by atoms with Gasteiger partial charge in [0.2, 0.25) is 0 Å². The molecule has 5 heteroatoms. The monoisotopic (exact) mass is 322 g/mol. The summed E-state index contributed by atoms with van der Waals surface area (Å²) in [6.45, 7) is 3.05. The van der Waals surface area contributed by atoms with Crippen LogP contribution in [0.3, 0.4) is 0 Å². The second-order valence-electron chi connectivity index (χ2n) is 5.91. The minimum atomic E-state index is -0.255. The molecule has 24 heavy (non-hydrogen) atoms. The Kier molecular flexibility index (Phi) is 5.69. The first-order valence-electron chi connectivity index (χ1n) is 8.34. The Labute approximate surface area is 142 Å². The average molecular weight is 322 g/mol. The molecule has 0 atom stereocenters. The average Bonchev–Trinajstić information content (AvgIpc) is 2.67. The molecule has 3 rings (SSSR count). The van der Waals surface area contributed by atoms with Crippen LogP contribution in [0.25, 0.3) is 0 Å². The van der Waals surface area contributed by atoms with Crippen molar-refractivity contribution in [1.29, 1.82) is 0 Å². The summed E-state index contributed by atoms with van der Waals surface area (Å²) in [6.07, 6.45) is 4.48. The number of hydrogen-bond donors (Lipinski definition) is 1. The fourth-order valence-corrected chi connectivity index (χ4v) is 2.76. The highest BCUT2D eigenvalue weighted by molar-refractivity contribution is 5.94. The highest BCUT2D eigenvalue weighted by Crippen LogP contribution is 2.09. The van der Waals surface area contributed by atoms with Gasteiger partial charge in [-0.2, -0.15) is 5.10 Å². The van der Waals surface area contributed by atoms with Crippen LogP contribution in [0.2, 0.25) is 0 Å². The summed E-state index contributed by atoms with van der Waals surface area (Å²) in [6, 6.07) is 15.8. The summed E-state index contributed by atoms with van der Waals surface area (Å²) in [5, 5.41) is 4.26. The van der Waals surface area contributed by atoms with Crippen molar-refractivity contribution >= 4 is 11.6 Å². The van der Waals surface area contributed by atoms with Crippen molar-refractivity contribution in [3.05, 3.63) is 66.0 Å². The van der Waals surface area contributed by atoms with E-state index in [1.165, 1.54) is 5.56 Å². The highest BCUT2D eigenvalue weighted by atomic mass is 16.2. The summed E-state index contributed by atoms with van der Waals surface area (Å²) in [5.74, 6) is -0.255. The number of carbonyl (C=O) groups excluding carboxylic acids is 1. The smallest absolute Gasteiger partial charge is 0.289 e. The fourth-order valence-electron chi connectivity index (χ4n) is 2.76. The second kappa shape index (κ2) is 8.36. The van der Waals surface area contributed by atoms with Gasteiger partial charge < -0.3 is 4.90 Å². The lowest BCUT2D eigenvalue weighted by Gasteiger charge is -2.27. The normalized spacial score (nSPS) is 15.1. The van der Waals surface area contributed by atoms with E-state index < -0.39 is 0 Å². The zero-order valence-corrected chi connectivity index (χ0v) is 13.7. The molecule has 5 nitrogen and oxygen atoms in total. The van der Waals surface area contributed by atoms with E-state index in [0.29, 0.717) is 5.69 Å². The van der Waals surface area contributed by atoms with E-state index in [0.717, 1.165) is 44.6 Å². The van der Waals surface area contributed by atoms with Gasteiger partial charge in [0.25, 0.3) is 5.91 Å². The number of hydrogen-bond acceptors (Lipinski definition) is 4. The topological polar surface area (TPSA) is 57.6 Å². The predicted octanol–water partition coefficient (Wildman–Crippen LogP) is 2.51. The van der Waals surface area contributed by atoms with Crippen molar-refractivity contribution in [2.75, 3.05) is 19.6 Å². The van der Waals surface area contributed by atoms with Gasteiger partial charge >= 0.3 is 0 Å². The summed E-state index contributed by atoms with van der Waals surface area (Å²) in [7, 11) is 0. The summed E-state index contributed by atoms with van der Waals surface area (Å²) in [5.41, 5.74) is 5.43. The lowest BCUT2D eigenvalue weighted by atomic mass is 10.1. The maximum Gasteiger partial charge on any atom is 0.289 e. The zero-order valence-electron chi connectivity index (χ0n) is 13.7. The molecule has 0 aliphatic carbocycles. The molecule has 2 heterocycles. The Balaban J connectivity index is 1.42. The third kappa shape index (κ3) is 4.73. The van der Waals surface area contributed by atoms with Gasteiger partial charge in [-0.3, -0.25) is 9.78 Å². The third-order valence-corrected chi connectivity index (χ3v) is 4.21. The van der Waals surface area contributed by atoms with Crippen LogP contribution >= 0.6 is 0 Å².